The van der Waals surface area contributed by atoms with Gasteiger partial charge in [-0.1, -0.05) is 30.3 Å². The van der Waals surface area contributed by atoms with Crippen LogP contribution in [0.25, 0.3) is 0 Å². The first-order valence-electron chi connectivity index (χ1n) is 6.02. The van der Waals surface area contributed by atoms with E-state index in [9.17, 15) is 0 Å². The van der Waals surface area contributed by atoms with Gasteiger partial charge in [-0.15, -0.1) is 10.2 Å². The zero-order valence-electron chi connectivity index (χ0n) is 9.74. The summed E-state index contributed by atoms with van der Waals surface area (Å²) < 4.78 is 2.12. The van der Waals surface area contributed by atoms with Gasteiger partial charge in [0.2, 0.25) is 0 Å². The molecule has 1 aliphatic heterocycles. The molecule has 1 aromatic carbocycles. The van der Waals surface area contributed by atoms with Crippen LogP contribution >= 0.6 is 0 Å². The number of likely N-dealkylation sites (tertiary alicyclic amines) is 1. The Kier molecular flexibility index (Phi) is 2.88. The fourth-order valence-electron chi connectivity index (χ4n) is 2.44. The van der Waals surface area contributed by atoms with Gasteiger partial charge >= 0.3 is 0 Å². The summed E-state index contributed by atoms with van der Waals surface area (Å²) in [6.45, 7) is 3.28. The van der Waals surface area contributed by atoms with Gasteiger partial charge < -0.3 is 4.57 Å². The quantitative estimate of drug-likeness (QED) is 0.802. The van der Waals surface area contributed by atoms with E-state index in [1.54, 1.807) is 0 Å². The molecule has 1 aliphatic rings. The van der Waals surface area contributed by atoms with Crippen molar-refractivity contribution >= 4 is 0 Å². The molecule has 0 saturated carbocycles. The topological polar surface area (TPSA) is 34.0 Å². The van der Waals surface area contributed by atoms with Crippen molar-refractivity contribution in [2.45, 2.75) is 19.0 Å². The molecule has 2 aromatic rings. The number of hydrogen-bond acceptors (Lipinski definition) is 3. The van der Waals surface area contributed by atoms with Crippen molar-refractivity contribution < 1.29 is 0 Å². The van der Waals surface area contributed by atoms with Gasteiger partial charge in [0, 0.05) is 25.7 Å². The summed E-state index contributed by atoms with van der Waals surface area (Å²) in [4.78, 5) is 2.49. The highest BCUT2D eigenvalue weighted by Crippen LogP contribution is 2.22. The molecular formula is C13H16N4. The summed E-state index contributed by atoms with van der Waals surface area (Å²) in [6.07, 6.45) is 4.82. The first kappa shape index (κ1) is 10.5. The number of benzene rings is 1. The molecule has 3 rings (SSSR count). The molecule has 0 unspecified atom stereocenters. The van der Waals surface area contributed by atoms with E-state index in [1.165, 1.54) is 12.0 Å². The van der Waals surface area contributed by atoms with Crippen molar-refractivity contribution in [3.05, 3.63) is 48.5 Å². The Balaban J connectivity index is 1.61. The van der Waals surface area contributed by atoms with Crippen LogP contribution in [-0.2, 0) is 6.54 Å². The van der Waals surface area contributed by atoms with Gasteiger partial charge in [-0.05, 0) is 12.0 Å². The molecule has 1 atom stereocenters. The van der Waals surface area contributed by atoms with Crippen molar-refractivity contribution in [2.75, 3.05) is 13.1 Å². The maximum Gasteiger partial charge on any atom is 0.119 e. The van der Waals surface area contributed by atoms with E-state index in [0.29, 0.717) is 6.04 Å². The SMILES string of the molecule is c1ccc(CN2CC[C@@H](n3cnnc3)C2)cc1. The van der Waals surface area contributed by atoms with Crippen LogP contribution in [0.5, 0.6) is 0 Å². The summed E-state index contributed by atoms with van der Waals surface area (Å²) in [5, 5.41) is 7.74. The lowest BCUT2D eigenvalue weighted by atomic mass is 10.2. The molecular weight excluding hydrogens is 212 g/mol. The highest BCUT2D eigenvalue weighted by Gasteiger charge is 2.23. The minimum absolute atomic E-state index is 0.536. The van der Waals surface area contributed by atoms with E-state index in [4.69, 9.17) is 0 Å². The summed E-state index contributed by atoms with van der Waals surface area (Å²) in [5.74, 6) is 0. The van der Waals surface area contributed by atoms with Crippen molar-refractivity contribution in [1.29, 1.82) is 0 Å². The maximum atomic E-state index is 3.87. The van der Waals surface area contributed by atoms with Gasteiger partial charge in [0.15, 0.2) is 0 Å². The molecule has 2 heterocycles. The molecule has 4 heteroatoms. The predicted octanol–water partition coefficient (Wildman–Crippen LogP) is 1.73. The summed E-state index contributed by atoms with van der Waals surface area (Å²) >= 11 is 0. The molecule has 0 aliphatic carbocycles. The Hall–Kier alpha value is -1.68. The normalized spacial score (nSPS) is 20.8. The number of nitrogens with zero attached hydrogens (tertiary/aromatic N) is 4. The zero-order chi connectivity index (χ0) is 11.5. The van der Waals surface area contributed by atoms with Gasteiger partial charge in [0.05, 0.1) is 0 Å². The molecule has 0 spiro atoms. The maximum absolute atomic E-state index is 3.87. The zero-order valence-corrected chi connectivity index (χ0v) is 9.74. The molecule has 1 aromatic heterocycles. The molecule has 1 saturated heterocycles. The fraction of sp³-hybridized carbons (Fsp3) is 0.385. The van der Waals surface area contributed by atoms with Crippen LogP contribution in [0.3, 0.4) is 0 Å². The molecule has 0 bridgehead atoms. The first-order valence-corrected chi connectivity index (χ1v) is 6.02. The first-order chi connectivity index (χ1) is 8.42. The number of rotatable bonds is 3. The Morgan fingerprint density at radius 3 is 2.65 bits per heavy atom. The highest BCUT2D eigenvalue weighted by atomic mass is 15.3. The fourth-order valence-corrected chi connectivity index (χ4v) is 2.44. The van der Waals surface area contributed by atoms with Crippen molar-refractivity contribution in [2.24, 2.45) is 0 Å². The molecule has 0 amide bonds. The van der Waals surface area contributed by atoms with Crippen molar-refractivity contribution in [3.8, 4) is 0 Å². The van der Waals surface area contributed by atoms with Crippen LogP contribution in [0.15, 0.2) is 43.0 Å². The molecule has 0 N–H and O–H groups in total. The highest BCUT2D eigenvalue weighted by molar-refractivity contribution is 5.14. The van der Waals surface area contributed by atoms with E-state index >= 15 is 0 Å². The van der Waals surface area contributed by atoms with E-state index in [2.05, 4.69) is 50.0 Å². The molecule has 88 valence electrons. The standard InChI is InChI=1S/C13H16N4/c1-2-4-12(5-3-1)8-16-7-6-13(9-16)17-10-14-15-11-17/h1-5,10-11,13H,6-9H2/t13-/m1/s1. The average Bonchev–Trinajstić information content (AvgIpc) is 3.00. The van der Waals surface area contributed by atoms with Gasteiger partial charge in [-0.2, -0.15) is 0 Å². The third kappa shape index (κ3) is 2.36. The Bertz CT molecular complexity index is 452. The minimum Gasteiger partial charge on any atom is -0.316 e. The van der Waals surface area contributed by atoms with Crippen LogP contribution in [0.4, 0.5) is 0 Å². The lowest BCUT2D eigenvalue weighted by molar-refractivity contribution is 0.316. The van der Waals surface area contributed by atoms with Crippen LogP contribution < -0.4 is 0 Å². The van der Waals surface area contributed by atoms with E-state index < -0.39 is 0 Å². The number of hydrogen-bond donors (Lipinski definition) is 0. The van der Waals surface area contributed by atoms with Gasteiger partial charge in [-0.3, -0.25) is 4.90 Å². The second kappa shape index (κ2) is 4.67. The summed E-state index contributed by atoms with van der Waals surface area (Å²) in [5.41, 5.74) is 1.39. The Labute approximate surface area is 101 Å². The van der Waals surface area contributed by atoms with Crippen LogP contribution in [0.2, 0.25) is 0 Å². The van der Waals surface area contributed by atoms with Crippen LogP contribution in [0.1, 0.15) is 18.0 Å². The predicted molar refractivity (Wildman–Crippen MR) is 65.4 cm³/mol. The summed E-state index contributed by atoms with van der Waals surface area (Å²) in [6, 6.07) is 11.2. The molecule has 0 radical (unpaired) electrons. The van der Waals surface area contributed by atoms with Crippen LogP contribution in [-0.4, -0.2) is 32.8 Å². The smallest absolute Gasteiger partial charge is 0.119 e. The number of aromatic nitrogens is 3. The average molecular weight is 228 g/mol. The molecule has 17 heavy (non-hydrogen) atoms. The third-order valence-corrected chi connectivity index (χ3v) is 3.35. The lowest BCUT2D eigenvalue weighted by Crippen LogP contribution is -2.20. The Morgan fingerprint density at radius 1 is 1.12 bits per heavy atom. The summed E-state index contributed by atoms with van der Waals surface area (Å²) in [7, 11) is 0. The second-order valence-corrected chi connectivity index (χ2v) is 4.57. The largest absolute Gasteiger partial charge is 0.316 e. The van der Waals surface area contributed by atoms with Gasteiger partial charge in [0.1, 0.15) is 12.7 Å². The lowest BCUT2D eigenvalue weighted by Gasteiger charge is -2.16. The van der Waals surface area contributed by atoms with Crippen molar-refractivity contribution in [3.63, 3.8) is 0 Å². The molecule has 4 nitrogen and oxygen atoms in total. The monoisotopic (exact) mass is 228 g/mol. The second-order valence-electron chi connectivity index (χ2n) is 4.57. The van der Waals surface area contributed by atoms with Gasteiger partial charge in [0.25, 0.3) is 0 Å². The van der Waals surface area contributed by atoms with Crippen LogP contribution in [0, 0.1) is 0 Å². The van der Waals surface area contributed by atoms with E-state index in [1.807, 2.05) is 12.7 Å². The minimum atomic E-state index is 0.536. The van der Waals surface area contributed by atoms with Gasteiger partial charge in [-0.25, -0.2) is 0 Å². The third-order valence-electron chi connectivity index (χ3n) is 3.35. The van der Waals surface area contributed by atoms with E-state index in [-0.39, 0.29) is 0 Å². The molecule has 1 fully saturated rings. The Morgan fingerprint density at radius 2 is 1.88 bits per heavy atom. The van der Waals surface area contributed by atoms with E-state index in [0.717, 1.165) is 19.6 Å². The van der Waals surface area contributed by atoms with Crippen molar-refractivity contribution in [1.82, 2.24) is 19.7 Å².